The third-order valence-electron chi connectivity index (χ3n) is 5.55. The average Bonchev–Trinajstić information content (AvgIpc) is 3.38. The van der Waals surface area contributed by atoms with Crippen LogP contribution in [0.5, 0.6) is 11.5 Å². The molecule has 11 nitrogen and oxygen atoms in total. The number of hydrogen-bond acceptors (Lipinski definition) is 10. The van der Waals surface area contributed by atoms with Crippen LogP contribution in [0.4, 0.5) is 5.13 Å². The Morgan fingerprint density at radius 1 is 1.20 bits per heavy atom. The molecule has 2 aromatic heterocycles. The smallest absolute Gasteiger partial charge is 0.327 e. The first-order valence-corrected chi connectivity index (χ1v) is 10.4. The third-order valence-corrected chi connectivity index (χ3v) is 6.53. The van der Waals surface area contributed by atoms with Crippen molar-refractivity contribution in [2.45, 2.75) is 37.8 Å². The predicted molar refractivity (Wildman–Crippen MR) is 106 cm³/mol. The summed E-state index contributed by atoms with van der Waals surface area (Å²) in [6, 6.07) is 5.43. The van der Waals surface area contributed by atoms with Gasteiger partial charge in [0.25, 0.3) is 0 Å². The van der Waals surface area contributed by atoms with Crippen LogP contribution in [-0.2, 0) is 17.8 Å². The zero-order chi connectivity index (χ0) is 20.7. The quantitative estimate of drug-likeness (QED) is 0.624. The van der Waals surface area contributed by atoms with Gasteiger partial charge in [-0.2, -0.15) is 4.80 Å². The number of nitrogens with zero attached hydrogens (tertiary/aromatic N) is 7. The number of piperidine rings is 1. The highest BCUT2D eigenvalue weighted by molar-refractivity contribution is 7.18. The highest BCUT2D eigenvalue weighted by Crippen LogP contribution is 2.43. The van der Waals surface area contributed by atoms with Crippen molar-refractivity contribution in [3.05, 3.63) is 23.8 Å². The summed E-state index contributed by atoms with van der Waals surface area (Å²) in [7, 11) is 0. The van der Waals surface area contributed by atoms with Gasteiger partial charge >= 0.3 is 5.97 Å². The molecule has 1 fully saturated rings. The highest BCUT2D eigenvalue weighted by Gasteiger charge is 2.40. The topological polar surface area (TPSA) is 139 Å². The van der Waals surface area contributed by atoms with Gasteiger partial charge in [-0.1, -0.05) is 17.4 Å². The maximum atomic E-state index is 10.8. The van der Waals surface area contributed by atoms with Crippen LogP contribution in [0.1, 0.15) is 24.8 Å². The Balaban J connectivity index is 1.25. The second-order valence-electron chi connectivity index (χ2n) is 7.45. The van der Waals surface area contributed by atoms with E-state index in [0.717, 1.165) is 60.0 Å². The van der Waals surface area contributed by atoms with E-state index in [1.807, 2.05) is 12.1 Å². The zero-order valence-electron chi connectivity index (χ0n) is 15.9. The van der Waals surface area contributed by atoms with Crippen molar-refractivity contribution in [1.29, 1.82) is 0 Å². The minimum Gasteiger partial charge on any atom is -0.508 e. The molecule has 0 radical (unpaired) electrons. The number of benzene rings is 1. The minimum atomic E-state index is -1.04. The van der Waals surface area contributed by atoms with E-state index in [-0.39, 0.29) is 18.0 Å². The van der Waals surface area contributed by atoms with Crippen molar-refractivity contribution in [3.8, 4) is 22.3 Å². The molecule has 3 aromatic rings. The summed E-state index contributed by atoms with van der Waals surface area (Å²) in [5.74, 6) is 0.306. The van der Waals surface area contributed by atoms with Crippen LogP contribution in [-0.4, -0.2) is 65.3 Å². The number of phenols is 1. The Kier molecular flexibility index (Phi) is 4.50. The number of carboxylic acids is 1. The summed E-state index contributed by atoms with van der Waals surface area (Å²) in [5, 5.41) is 40.1. The molecule has 0 aliphatic carbocycles. The van der Waals surface area contributed by atoms with E-state index in [1.54, 1.807) is 6.07 Å². The summed E-state index contributed by atoms with van der Waals surface area (Å²) >= 11 is 1.35. The number of hydrogen-bond donors (Lipinski definition) is 2. The number of aliphatic carboxylic acids is 1. The lowest BCUT2D eigenvalue weighted by Gasteiger charge is -2.44. The molecule has 1 spiro atoms. The Hall–Kier alpha value is -3.28. The molecule has 2 N–H and O–H groups in total. The van der Waals surface area contributed by atoms with Gasteiger partial charge in [0.2, 0.25) is 11.0 Å². The van der Waals surface area contributed by atoms with E-state index in [0.29, 0.717) is 10.8 Å². The van der Waals surface area contributed by atoms with Gasteiger partial charge in [-0.25, -0.2) is 0 Å². The average molecular weight is 429 g/mol. The molecule has 0 amide bonds. The van der Waals surface area contributed by atoms with Gasteiger partial charge in [-0.15, -0.1) is 20.4 Å². The number of carboxylic acid groups (broad SMARTS) is 1. The Bertz CT molecular complexity index is 1090. The molecule has 5 rings (SSSR count). The fraction of sp³-hybridized carbons (Fsp3) is 0.444. The largest absolute Gasteiger partial charge is 0.508 e. The fourth-order valence-electron chi connectivity index (χ4n) is 3.95. The third kappa shape index (κ3) is 3.43. The lowest BCUT2D eigenvalue weighted by atomic mass is 9.83. The second-order valence-corrected chi connectivity index (χ2v) is 8.41. The van der Waals surface area contributed by atoms with E-state index in [1.165, 1.54) is 11.3 Å². The standard InChI is InChI=1S/C18H19N7O4S/c26-12-2-1-3-13-11(12)4-5-18(29-13)6-8-24(9-7-18)17-21-20-16(30-17)15-19-23-25(22-15)10-14(27)28/h1-3,26H,4-10H2,(H,27,28). The number of tetrazole rings is 1. The molecule has 0 saturated carbocycles. The predicted octanol–water partition coefficient (Wildman–Crippen LogP) is 1.35. The van der Waals surface area contributed by atoms with Crippen molar-refractivity contribution in [1.82, 2.24) is 30.4 Å². The van der Waals surface area contributed by atoms with Crippen LogP contribution < -0.4 is 9.64 Å². The summed E-state index contributed by atoms with van der Waals surface area (Å²) < 4.78 is 6.34. The van der Waals surface area contributed by atoms with Gasteiger partial charge in [-0.3, -0.25) is 4.79 Å². The van der Waals surface area contributed by atoms with Crippen molar-refractivity contribution < 1.29 is 19.7 Å². The number of aromatic hydroxyl groups is 1. The van der Waals surface area contributed by atoms with Gasteiger partial charge in [0.1, 0.15) is 17.1 Å². The number of aromatic nitrogens is 6. The van der Waals surface area contributed by atoms with Crippen molar-refractivity contribution >= 4 is 22.4 Å². The SMILES string of the molecule is O=C(O)Cn1nnc(-c2nnc(N3CCC4(CCc5c(O)cccc5O4)CC3)s2)n1. The molecule has 2 aliphatic heterocycles. The molecule has 4 heterocycles. The number of ether oxygens (including phenoxy) is 1. The van der Waals surface area contributed by atoms with E-state index in [2.05, 4.69) is 30.5 Å². The van der Waals surface area contributed by atoms with Crippen LogP contribution >= 0.6 is 11.3 Å². The zero-order valence-corrected chi connectivity index (χ0v) is 16.7. The summed E-state index contributed by atoms with van der Waals surface area (Å²) in [6.45, 7) is 1.21. The first-order valence-electron chi connectivity index (χ1n) is 9.60. The molecule has 156 valence electrons. The van der Waals surface area contributed by atoms with Gasteiger partial charge < -0.3 is 19.8 Å². The molecule has 1 saturated heterocycles. The molecule has 0 bridgehead atoms. The molecule has 0 atom stereocenters. The highest BCUT2D eigenvalue weighted by atomic mass is 32.1. The van der Waals surface area contributed by atoms with Crippen LogP contribution in [0.2, 0.25) is 0 Å². The number of rotatable bonds is 4. The number of carbonyl (C=O) groups is 1. The van der Waals surface area contributed by atoms with Gasteiger partial charge in [0, 0.05) is 31.5 Å². The summed E-state index contributed by atoms with van der Waals surface area (Å²) in [4.78, 5) is 13.9. The van der Waals surface area contributed by atoms with Gasteiger partial charge in [0.15, 0.2) is 11.6 Å². The van der Waals surface area contributed by atoms with Crippen LogP contribution in [0.15, 0.2) is 18.2 Å². The fourth-order valence-corrected chi connectivity index (χ4v) is 4.77. The second kappa shape index (κ2) is 7.20. The number of fused-ring (bicyclic) bond motifs is 1. The van der Waals surface area contributed by atoms with Crippen LogP contribution in [0.25, 0.3) is 10.8 Å². The van der Waals surface area contributed by atoms with Crippen molar-refractivity contribution in [3.63, 3.8) is 0 Å². The molecule has 30 heavy (non-hydrogen) atoms. The summed E-state index contributed by atoms with van der Waals surface area (Å²) in [5.41, 5.74) is 0.675. The Labute approximate surface area is 174 Å². The number of phenolic OH excluding ortho intramolecular Hbond substituents is 1. The molecule has 0 unspecified atom stereocenters. The maximum Gasteiger partial charge on any atom is 0.327 e. The first kappa shape index (κ1) is 18.7. The molecule has 1 aromatic carbocycles. The van der Waals surface area contributed by atoms with E-state index in [9.17, 15) is 9.90 Å². The molecular formula is C18H19N7O4S. The van der Waals surface area contributed by atoms with Gasteiger partial charge in [-0.05, 0) is 30.2 Å². The normalized spacial score (nSPS) is 17.5. The number of anilines is 1. The molecule has 2 aliphatic rings. The monoisotopic (exact) mass is 429 g/mol. The first-order chi connectivity index (χ1) is 14.5. The molecule has 12 heteroatoms. The van der Waals surface area contributed by atoms with E-state index < -0.39 is 5.97 Å². The molecular weight excluding hydrogens is 410 g/mol. The van der Waals surface area contributed by atoms with E-state index >= 15 is 0 Å². The lowest BCUT2D eigenvalue weighted by molar-refractivity contribution is -0.138. The minimum absolute atomic E-state index is 0.216. The Morgan fingerprint density at radius 3 is 2.83 bits per heavy atom. The summed E-state index contributed by atoms with van der Waals surface area (Å²) in [6.07, 6.45) is 3.39. The van der Waals surface area contributed by atoms with Gasteiger partial charge in [0.05, 0.1) is 0 Å². The van der Waals surface area contributed by atoms with Crippen molar-refractivity contribution in [2.75, 3.05) is 18.0 Å². The van der Waals surface area contributed by atoms with E-state index in [4.69, 9.17) is 9.84 Å². The Morgan fingerprint density at radius 2 is 2.03 bits per heavy atom. The van der Waals surface area contributed by atoms with Crippen LogP contribution in [0.3, 0.4) is 0 Å². The van der Waals surface area contributed by atoms with Crippen LogP contribution in [0, 0.1) is 0 Å². The van der Waals surface area contributed by atoms with Crippen molar-refractivity contribution in [2.24, 2.45) is 0 Å². The maximum absolute atomic E-state index is 10.8. The lowest BCUT2D eigenvalue weighted by Crippen LogP contribution is -2.49.